The fraction of sp³-hybridized carbons (Fsp3) is 0.143. The average molecular weight is 276 g/mol. The van der Waals surface area contributed by atoms with E-state index >= 15 is 0 Å². The average Bonchev–Trinajstić information content (AvgIpc) is 2.33. The standard InChI is InChI=1S/C14H14BrN/c15-13-8-6-11(7-9-13)10-14(16)12-4-2-1-3-5-12/h1-9,14H,10,16H2. The zero-order valence-electron chi connectivity index (χ0n) is 8.94. The Hall–Kier alpha value is -1.12. The van der Waals surface area contributed by atoms with E-state index in [1.807, 2.05) is 30.3 Å². The molecule has 0 aliphatic heterocycles. The zero-order valence-corrected chi connectivity index (χ0v) is 10.5. The molecule has 2 N–H and O–H groups in total. The van der Waals surface area contributed by atoms with Crippen molar-refractivity contribution >= 4 is 15.9 Å². The fourth-order valence-corrected chi connectivity index (χ4v) is 1.96. The number of rotatable bonds is 3. The molecule has 0 saturated carbocycles. The van der Waals surface area contributed by atoms with Crippen LogP contribution in [0.25, 0.3) is 0 Å². The van der Waals surface area contributed by atoms with E-state index in [0.29, 0.717) is 0 Å². The maximum atomic E-state index is 6.15. The Balaban J connectivity index is 2.08. The Labute approximate surface area is 104 Å². The summed E-state index contributed by atoms with van der Waals surface area (Å²) in [4.78, 5) is 0. The van der Waals surface area contributed by atoms with E-state index in [1.165, 1.54) is 11.1 Å². The highest BCUT2D eigenvalue weighted by Gasteiger charge is 2.05. The van der Waals surface area contributed by atoms with Crippen LogP contribution in [0.15, 0.2) is 59.1 Å². The van der Waals surface area contributed by atoms with E-state index in [-0.39, 0.29) is 6.04 Å². The molecule has 0 fully saturated rings. The summed E-state index contributed by atoms with van der Waals surface area (Å²) >= 11 is 3.43. The smallest absolute Gasteiger partial charge is 0.0335 e. The maximum absolute atomic E-state index is 6.15. The molecule has 1 atom stereocenters. The van der Waals surface area contributed by atoms with Crippen LogP contribution >= 0.6 is 15.9 Å². The fourth-order valence-electron chi connectivity index (χ4n) is 1.69. The van der Waals surface area contributed by atoms with Crippen LogP contribution in [0.5, 0.6) is 0 Å². The number of hydrogen-bond acceptors (Lipinski definition) is 1. The van der Waals surface area contributed by atoms with Gasteiger partial charge in [0.25, 0.3) is 0 Å². The molecule has 0 amide bonds. The molecule has 0 aliphatic carbocycles. The van der Waals surface area contributed by atoms with Gasteiger partial charge < -0.3 is 5.73 Å². The molecule has 16 heavy (non-hydrogen) atoms. The summed E-state index contributed by atoms with van der Waals surface area (Å²) in [6, 6.07) is 18.6. The van der Waals surface area contributed by atoms with Crippen molar-refractivity contribution in [3.8, 4) is 0 Å². The predicted octanol–water partition coefficient (Wildman–Crippen LogP) is 3.69. The number of nitrogens with two attached hydrogens (primary N) is 1. The molecule has 0 heterocycles. The van der Waals surface area contributed by atoms with E-state index in [4.69, 9.17) is 5.73 Å². The van der Waals surface area contributed by atoms with Crippen molar-refractivity contribution in [2.24, 2.45) is 5.73 Å². The van der Waals surface area contributed by atoms with E-state index in [0.717, 1.165) is 10.9 Å². The van der Waals surface area contributed by atoms with Crippen molar-refractivity contribution in [1.82, 2.24) is 0 Å². The van der Waals surface area contributed by atoms with Gasteiger partial charge in [-0.1, -0.05) is 58.4 Å². The maximum Gasteiger partial charge on any atom is 0.0335 e. The highest BCUT2D eigenvalue weighted by Crippen LogP contribution is 2.17. The van der Waals surface area contributed by atoms with Crippen molar-refractivity contribution in [2.75, 3.05) is 0 Å². The lowest BCUT2D eigenvalue weighted by molar-refractivity contribution is 0.722. The van der Waals surface area contributed by atoms with Crippen LogP contribution in [0.3, 0.4) is 0 Å². The summed E-state index contributed by atoms with van der Waals surface area (Å²) in [5.41, 5.74) is 8.60. The van der Waals surface area contributed by atoms with Crippen LogP contribution in [0, 0.1) is 0 Å². The highest BCUT2D eigenvalue weighted by atomic mass is 79.9. The normalized spacial score (nSPS) is 12.4. The molecule has 2 heteroatoms. The minimum atomic E-state index is 0.0716. The third-order valence-electron chi connectivity index (χ3n) is 2.60. The zero-order chi connectivity index (χ0) is 11.4. The first kappa shape index (κ1) is 11.4. The summed E-state index contributed by atoms with van der Waals surface area (Å²) in [7, 11) is 0. The molecule has 0 radical (unpaired) electrons. The van der Waals surface area contributed by atoms with Crippen LogP contribution in [0.4, 0.5) is 0 Å². The van der Waals surface area contributed by atoms with Crippen molar-refractivity contribution in [1.29, 1.82) is 0 Å². The molecular formula is C14H14BrN. The van der Waals surface area contributed by atoms with Crippen molar-refractivity contribution in [3.63, 3.8) is 0 Å². The molecule has 0 aliphatic rings. The molecule has 1 nitrogen and oxygen atoms in total. The summed E-state index contributed by atoms with van der Waals surface area (Å²) in [5, 5.41) is 0. The first-order valence-corrected chi connectivity index (χ1v) is 6.10. The molecular weight excluding hydrogens is 262 g/mol. The Bertz CT molecular complexity index is 436. The highest BCUT2D eigenvalue weighted by molar-refractivity contribution is 9.10. The van der Waals surface area contributed by atoms with E-state index in [2.05, 4.69) is 40.2 Å². The molecule has 82 valence electrons. The monoisotopic (exact) mass is 275 g/mol. The van der Waals surface area contributed by atoms with Gasteiger partial charge in [0.1, 0.15) is 0 Å². The summed E-state index contributed by atoms with van der Waals surface area (Å²) in [6.07, 6.45) is 0.872. The van der Waals surface area contributed by atoms with Gasteiger partial charge in [0.2, 0.25) is 0 Å². The second-order valence-corrected chi connectivity index (χ2v) is 4.76. The van der Waals surface area contributed by atoms with Gasteiger partial charge in [0.05, 0.1) is 0 Å². The van der Waals surface area contributed by atoms with Crippen molar-refractivity contribution in [3.05, 3.63) is 70.2 Å². The second-order valence-electron chi connectivity index (χ2n) is 3.85. The lowest BCUT2D eigenvalue weighted by Gasteiger charge is -2.11. The van der Waals surface area contributed by atoms with Gasteiger partial charge in [0, 0.05) is 10.5 Å². The number of hydrogen-bond donors (Lipinski definition) is 1. The Morgan fingerprint density at radius 2 is 1.56 bits per heavy atom. The minimum Gasteiger partial charge on any atom is -0.324 e. The predicted molar refractivity (Wildman–Crippen MR) is 71.2 cm³/mol. The van der Waals surface area contributed by atoms with Gasteiger partial charge in [0.15, 0.2) is 0 Å². The molecule has 2 aromatic carbocycles. The molecule has 1 unspecified atom stereocenters. The summed E-state index contributed by atoms with van der Waals surface area (Å²) < 4.78 is 1.10. The van der Waals surface area contributed by atoms with E-state index in [1.54, 1.807) is 0 Å². The SMILES string of the molecule is NC(Cc1ccc(Br)cc1)c1ccccc1. The largest absolute Gasteiger partial charge is 0.324 e. The van der Waals surface area contributed by atoms with Gasteiger partial charge in [-0.05, 0) is 29.7 Å². The van der Waals surface area contributed by atoms with Gasteiger partial charge in [-0.15, -0.1) is 0 Å². The molecule has 2 aromatic rings. The lowest BCUT2D eigenvalue weighted by Crippen LogP contribution is -2.12. The molecule has 0 aromatic heterocycles. The number of benzene rings is 2. The summed E-state index contributed by atoms with van der Waals surface area (Å²) in [5.74, 6) is 0. The van der Waals surface area contributed by atoms with Crippen LogP contribution in [-0.4, -0.2) is 0 Å². The van der Waals surface area contributed by atoms with Gasteiger partial charge in [-0.2, -0.15) is 0 Å². The number of halogens is 1. The third kappa shape index (κ3) is 2.94. The summed E-state index contributed by atoms with van der Waals surface area (Å²) in [6.45, 7) is 0. The van der Waals surface area contributed by atoms with Crippen molar-refractivity contribution < 1.29 is 0 Å². The first-order valence-electron chi connectivity index (χ1n) is 5.30. The van der Waals surface area contributed by atoms with Crippen LogP contribution in [-0.2, 0) is 6.42 Å². The first-order chi connectivity index (χ1) is 7.75. The lowest BCUT2D eigenvalue weighted by atomic mass is 10.00. The van der Waals surface area contributed by atoms with Crippen LogP contribution < -0.4 is 5.73 Å². The molecule has 0 spiro atoms. The third-order valence-corrected chi connectivity index (χ3v) is 3.13. The van der Waals surface area contributed by atoms with Crippen LogP contribution in [0.1, 0.15) is 17.2 Å². The van der Waals surface area contributed by atoms with Gasteiger partial charge in [-0.25, -0.2) is 0 Å². The quantitative estimate of drug-likeness (QED) is 0.909. The molecule has 0 bridgehead atoms. The van der Waals surface area contributed by atoms with Gasteiger partial charge >= 0.3 is 0 Å². The molecule has 0 saturated heterocycles. The Morgan fingerprint density at radius 1 is 0.938 bits per heavy atom. The Morgan fingerprint density at radius 3 is 2.19 bits per heavy atom. The van der Waals surface area contributed by atoms with Crippen LogP contribution in [0.2, 0.25) is 0 Å². The van der Waals surface area contributed by atoms with Gasteiger partial charge in [-0.3, -0.25) is 0 Å². The van der Waals surface area contributed by atoms with E-state index < -0.39 is 0 Å². The van der Waals surface area contributed by atoms with Crippen molar-refractivity contribution in [2.45, 2.75) is 12.5 Å². The Kier molecular flexibility index (Phi) is 3.75. The van der Waals surface area contributed by atoms with E-state index in [9.17, 15) is 0 Å². The minimum absolute atomic E-state index is 0.0716. The molecule has 2 rings (SSSR count). The topological polar surface area (TPSA) is 26.0 Å². The second kappa shape index (κ2) is 5.28.